The molecule has 0 amide bonds. The van der Waals surface area contributed by atoms with Gasteiger partial charge >= 0.3 is 0 Å². The van der Waals surface area contributed by atoms with Crippen LogP contribution < -0.4 is 5.32 Å². The van der Waals surface area contributed by atoms with E-state index < -0.39 is 0 Å². The summed E-state index contributed by atoms with van der Waals surface area (Å²) in [7, 11) is 0. The molecule has 1 unspecified atom stereocenters. The number of nitrogens with one attached hydrogen (secondary N) is 1. The molecule has 1 rings (SSSR count). The van der Waals surface area contributed by atoms with Gasteiger partial charge in [0.2, 0.25) is 0 Å². The smallest absolute Gasteiger partial charge is 0.0372 e. The molecule has 0 radical (unpaired) electrons. The average Bonchev–Trinajstić information content (AvgIpc) is 2.15. The van der Waals surface area contributed by atoms with Gasteiger partial charge in [0.05, 0.1) is 0 Å². The Labute approximate surface area is 86.8 Å². The highest BCUT2D eigenvalue weighted by Gasteiger charge is 2.13. The molecule has 2 nitrogen and oxygen atoms in total. The van der Waals surface area contributed by atoms with E-state index in [1.165, 1.54) is 5.56 Å². The van der Waals surface area contributed by atoms with E-state index in [2.05, 4.69) is 43.2 Å². The molecular formula is C12H20N2. The highest BCUT2D eigenvalue weighted by molar-refractivity contribution is 5.17. The Bertz CT molecular complexity index is 264. The van der Waals surface area contributed by atoms with Crippen LogP contribution in [0.1, 0.15) is 38.1 Å². The fraction of sp³-hybridized carbons (Fsp3) is 0.583. The van der Waals surface area contributed by atoms with Crippen molar-refractivity contribution in [2.75, 3.05) is 6.54 Å². The van der Waals surface area contributed by atoms with Crippen LogP contribution in [-0.4, -0.2) is 11.5 Å². The van der Waals surface area contributed by atoms with E-state index in [0.717, 1.165) is 12.2 Å². The summed E-state index contributed by atoms with van der Waals surface area (Å²) in [5.74, 6) is 0.597. The molecule has 78 valence electrons. The summed E-state index contributed by atoms with van der Waals surface area (Å²) < 4.78 is 0. The molecule has 1 aromatic rings. The summed E-state index contributed by atoms with van der Waals surface area (Å²) in [6.45, 7) is 9.61. The highest BCUT2D eigenvalue weighted by atomic mass is 14.9. The maximum atomic E-state index is 4.32. The second-order valence-corrected chi connectivity index (χ2v) is 4.01. The number of aromatic nitrogens is 1. The van der Waals surface area contributed by atoms with Crippen molar-refractivity contribution >= 4 is 0 Å². The lowest BCUT2D eigenvalue weighted by molar-refractivity contribution is 0.420. The lowest BCUT2D eigenvalue weighted by Crippen LogP contribution is -2.25. The van der Waals surface area contributed by atoms with Crippen molar-refractivity contribution < 1.29 is 0 Å². The molecule has 0 aliphatic heterocycles. The standard InChI is InChI=1S/C12H20N2/c1-5-13-12(9(2)3)11-7-6-10(4)14-8-11/h6-9,12-13H,5H2,1-4H3. The van der Waals surface area contributed by atoms with Crippen LogP contribution in [0.3, 0.4) is 0 Å². The van der Waals surface area contributed by atoms with Gasteiger partial charge < -0.3 is 5.32 Å². The number of hydrogen-bond donors (Lipinski definition) is 1. The van der Waals surface area contributed by atoms with E-state index in [9.17, 15) is 0 Å². The van der Waals surface area contributed by atoms with Gasteiger partial charge in [-0.15, -0.1) is 0 Å². The molecule has 0 fully saturated rings. The third kappa shape index (κ3) is 2.81. The molecule has 1 heterocycles. The first-order chi connectivity index (χ1) is 6.65. The molecule has 2 heteroatoms. The molecule has 0 aliphatic carbocycles. The molecule has 0 saturated carbocycles. The molecule has 1 aromatic heterocycles. The first-order valence-electron chi connectivity index (χ1n) is 5.31. The molecule has 0 saturated heterocycles. The molecule has 0 aliphatic rings. The predicted octanol–water partition coefficient (Wildman–Crippen LogP) is 2.70. The Balaban J connectivity index is 2.82. The molecular weight excluding hydrogens is 172 g/mol. The predicted molar refractivity (Wildman–Crippen MR) is 60.2 cm³/mol. The van der Waals surface area contributed by atoms with Crippen LogP contribution in [0.4, 0.5) is 0 Å². The van der Waals surface area contributed by atoms with E-state index >= 15 is 0 Å². The van der Waals surface area contributed by atoms with Gasteiger partial charge in [-0.3, -0.25) is 4.98 Å². The van der Waals surface area contributed by atoms with Gasteiger partial charge in [0, 0.05) is 17.9 Å². The third-order valence-electron chi connectivity index (χ3n) is 2.38. The Morgan fingerprint density at radius 2 is 2.07 bits per heavy atom. The van der Waals surface area contributed by atoms with Gasteiger partial charge in [0.25, 0.3) is 0 Å². The maximum Gasteiger partial charge on any atom is 0.0372 e. The molecule has 1 N–H and O–H groups in total. The number of rotatable bonds is 4. The van der Waals surface area contributed by atoms with Crippen LogP contribution in [0.2, 0.25) is 0 Å². The van der Waals surface area contributed by atoms with Crippen LogP contribution in [-0.2, 0) is 0 Å². The molecule has 14 heavy (non-hydrogen) atoms. The van der Waals surface area contributed by atoms with Gasteiger partial charge in [-0.05, 0) is 31.0 Å². The highest BCUT2D eigenvalue weighted by Crippen LogP contribution is 2.20. The minimum Gasteiger partial charge on any atom is -0.310 e. The van der Waals surface area contributed by atoms with Crippen molar-refractivity contribution in [2.45, 2.75) is 33.7 Å². The SMILES string of the molecule is CCNC(c1ccc(C)nc1)C(C)C. The maximum absolute atomic E-state index is 4.32. The van der Waals surface area contributed by atoms with E-state index in [1.54, 1.807) is 0 Å². The van der Waals surface area contributed by atoms with E-state index in [0.29, 0.717) is 12.0 Å². The zero-order chi connectivity index (χ0) is 10.6. The van der Waals surface area contributed by atoms with Crippen molar-refractivity contribution in [1.82, 2.24) is 10.3 Å². The molecule has 0 spiro atoms. The van der Waals surface area contributed by atoms with E-state index in [-0.39, 0.29) is 0 Å². The van der Waals surface area contributed by atoms with Crippen molar-refractivity contribution in [1.29, 1.82) is 0 Å². The van der Waals surface area contributed by atoms with Gasteiger partial charge in [0.1, 0.15) is 0 Å². The quantitative estimate of drug-likeness (QED) is 0.793. The van der Waals surface area contributed by atoms with E-state index in [1.807, 2.05) is 13.1 Å². The van der Waals surface area contributed by atoms with Crippen molar-refractivity contribution in [3.05, 3.63) is 29.6 Å². The second kappa shape index (κ2) is 5.11. The van der Waals surface area contributed by atoms with Gasteiger partial charge in [-0.1, -0.05) is 26.8 Å². The van der Waals surface area contributed by atoms with Crippen LogP contribution >= 0.6 is 0 Å². The third-order valence-corrected chi connectivity index (χ3v) is 2.38. The second-order valence-electron chi connectivity index (χ2n) is 4.01. The van der Waals surface area contributed by atoms with Crippen molar-refractivity contribution in [2.24, 2.45) is 5.92 Å². The fourth-order valence-electron chi connectivity index (χ4n) is 1.62. The van der Waals surface area contributed by atoms with Crippen LogP contribution in [0.25, 0.3) is 0 Å². The first kappa shape index (κ1) is 11.2. The lowest BCUT2D eigenvalue weighted by Gasteiger charge is -2.21. The first-order valence-corrected chi connectivity index (χ1v) is 5.31. The number of aryl methyl sites for hydroxylation is 1. The summed E-state index contributed by atoms with van der Waals surface area (Å²) in [6, 6.07) is 4.66. The van der Waals surface area contributed by atoms with Gasteiger partial charge in [-0.25, -0.2) is 0 Å². The monoisotopic (exact) mass is 192 g/mol. The molecule has 0 bridgehead atoms. The van der Waals surface area contributed by atoms with Gasteiger partial charge in [-0.2, -0.15) is 0 Å². The zero-order valence-electron chi connectivity index (χ0n) is 9.54. The summed E-state index contributed by atoms with van der Waals surface area (Å²) in [5.41, 5.74) is 2.36. The van der Waals surface area contributed by atoms with Gasteiger partial charge in [0.15, 0.2) is 0 Å². The fourth-order valence-corrected chi connectivity index (χ4v) is 1.62. The topological polar surface area (TPSA) is 24.9 Å². The summed E-state index contributed by atoms with van der Waals surface area (Å²) in [4.78, 5) is 4.32. The minimum atomic E-state index is 0.424. The Morgan fingerprint density at radius 1 is 1.36 bits per heavy atom. The summed E-state index contributed by atoms with van der Waals surface area (Å²) in [5, 5.41) is 3.48. The number of pyridine rings is 1. The van der Waals surface area contributed by atoms with Crippen LogP contribution in [0.5, 0.6) is 0 Å². The Hall–Kier alpha value is -0.890. The van der Waals surface area contributed by atoms with Crippen LogP contribution in [0, 0.1) is 12.8 Å². The minimum absolute atomic E-state index is 0.424. The Morgan fingerprint density at radius 3 is 2.50 bits per heavy atom. The molecule has 0 aromatic carbocycles. The normalized spacial score (nSPS) is 13.2. The molecule has 1 atom stereocenters. The summed E-state index contributed by atoms with van der Waals surface area (Å²) >= 11 is 0. The lowest BCUT2D eigenvalue weighted by atomic mass is 9.97. The Kier molecular flexibility index (Phi) is 4.08. The van der Waals surface area contributed by atoms with Crippen molar-refractivity contribution in [3.8, 4) is 0 Å². The number of nitrogens with zero attached hydrogens (tertiary/aromatic N) is 1. The average molecular weight is 192 g/mol. The zero-order valence-corrected chi connectivity index (χ0v) is 9.54. The largest absolute Gasteiger partial charge is 0.310 e. The van der Waals surface area contributed by atoms with Crippen LogP contribution in [0.15, 0.2) is 18.3 Å². The summed E-state index contributed by atoms with van der Waals surface area (Å²) in [6.07, 6.45) is 1.97. The van der Waals surface area contributed by atoms with E-state index in [4.69, 9.17) is 0 Å². The van der Waals surface area contributed by atoms with Crippen molar-refractivity contribution in [3.63, 3.8) is 0 Å². The number of hydrogen-bond acceptors (Lipinski definition) is 2.